The molecule has 0 unspecified atom stereocenters. The lowest BCUT2D eigenvalue weighted by atomic mass is 10.1. The molecule has 0 spiro atoms. The van der Waals surface area contributed by atoms with Crippen LogP contribution in [0.5, 0.6) is 0 Å². The number of aryl methyl sites for hydroxylation is 2. The first-order valence-electron chi connectivity index (χ1n) is 11.7. The van der Waals surface area contributed by atoms with Gasteiger partial charge in [-0.1, -0.05) is 31.2 Å². The fourth-order valence-corrected chi connectivity index (χ4v) is 4.12. The van der Waals surface area contributed by atoms with Crippen molar-refractivity contribution in [2.45, 2.75) is 19.9 Å². The van der Waals surface area contributed by atoms with Gasteiger partial charge in [-0.15, -0.1) is 0 Å². The zero-order valence-corrected chi connectivity index (χ0v) is 20.2. The maximum atomic E-state index is 10.9. The summed E-state index contributed by atoms with van der Waals surface area (Å²) < 4.78 is 7.57. The number of ether oxygens (including phenoxy) is 1. The highest BCUT2D eigenvalue weighted by Gasteiger charge is 2.23. The minimum absolute atomic E-state index is 0.440. The lowest BCUT2D eigenvalue weighted by Gasteiger charge is -2.28. The van der Waals surface area contributed by atoms with E-state index in [1.165, 1.54) is 18.0 Å². The normalized spacial score (nSPS) is 13.9. The van der Waals surface area contributed by atoms with Gasteiger partial charge in [-0.05, 0) is 12.0 Å². The standard InChI is InChI=1S/C25H28N8O2/c1-4-17-5-7-19(8-6-17)22-29-23-21(24(30-22)33-9-11-35-12-10-33)28-20(32(23)3)15-31(2)25-26-13-18(16-34)14-27-25/h5-8,13-14,16H,4,9-12,15H2,1-3H3. The number of imidazole rings is 1. The first-order chi connectivity index (χ1) is 17.1. The molecule has 0 bridgehead atoms. The number of nitrogens with zero attached hydrogens (tertiary/aromatic N) is 8. The van der Waals surface area contributed by atoms with Gasteiger partial charge in [0, 0.05) is 45.1 Å². The lowest BCUT2D eigenvalue weighted by Crippen LogP contribution is -2.37. The number of aromatic nitrogens is 6. The summed E-state index contributed by atoms with van der Waals surface area (Å²) in [7, 11) is 3.86. The van der Waals surface area contributed by atoms with Crippen molar-refractivity contribution in [3.05, 3.63) is 53.6 Å². The molecule has 1 aliphatic rings. The SMILES string of the molecule is CCc1ccc(-c2nc(N3CCOCC3)c3nc(CN(C)c4ncc(C=O)cn4)n(C)c3n2)cc1. The monoisotopic (exact) mass is 472 g/mol. The fraction of sp³-hybridized carbons (Fsp3) is 0.360. The van der Waals surface area contributed by atoms with Crippen LogP contribution in [-0.2, 0) is 24.8 Å². The van der Waals surface area contributed by atoms with E-state index in [0.29, 0.717) is 37.1 Å². The smallest absolute Gasteiger partial charge is 0.225 e. The highest BCUT2D eigenvalue weighted by Crippen LogP contribution is 2.29. The maximum Gasteiger partial charge on any atom is 0.225 e. The van der Waals surface area contributed by atoms with Crippen LogP contribution in [0.3, 0.4) is 0 Å². The van der Waals surface area contributed by atoms with Crippen molar-refractivity contribution in [3.8, 4) is 11.4 Å². The van der Waals surface area contributed by atoms with Crippen molar-refractivity contribution in [3.63, 3.8) is 0 Å². The van der Waals surface area contributed by atoms with Crippen LogP contribution in [0.25, 0.3) is 22.6 Å². The molecule has 0 atom stereocenters. The molecule has 1 aliphatic heterocycles. The number of carbonyl (C=O) groups is 1. The van der Waals surface area contributed by atoms with E-state index >= 15 is 0 Å². The summed E-state index contributed by atoms with van der Waals surface area (Å²) in [6.45, 7) is 5.43. The van der Waals surface area contributed by atoms with E-state index in [9.17, 15) is 4.79 Å². The van der Waals surface area contributed by atoms with Crippen LogP contribution in [0.4, 0.5) is 11.8 Å². The number of anilines is 2. The van der Waals surface area contributed by atoms with Crippen LogP contribution in [0, 0.1) is 0 Å². The number of benzene rings is 1. The fourth-order valence-electron chi connectivity index (χ4n) is 4.12. The summed E-state index contributed by atoms with van der Waals surface area (Å²) in [5, 5.41) is 0. The Morgan fingerprint density at radius 2 is 1.77 bits per heavy atom. The molecule has 4 heterocycles. The van der Waals surface area contributed by atoms with Crippen molar-refractivity contribution >= 4 is 29.2 Å². The quantitative estimate of drug-likeness (QED) is 0.376. The molecule has 3 aromatic heterocycles. The molecule has 180 valence electrons. The molecule has 1 fully saturated rings. The number of carbonyl (C=O) groups excluding carboxylic acids is 1. The Labute approximate surface area is 203 Å². The first kappa shape index (κ1) is 22.9. The zero-order chi connectivity index (χ0) is 24.4. The van der Waals surface area contributed by atoms with Gasteiger partial charge in [0.2, 0.25) is 5.95 Å². The third-order valence-corrected chi connectivity index (χ3v) is 6.24. The van der Waals surface area contributed by atoms with E-state index in [-0.39, 0.29) is 0 Å². The van der Waals surface area contributed by atoms with Crippen LogP contribution in [0.2, 0.25) is 0 Å². The van der Waals surface area contributed by atoms with Crippen molar-refractivity contribution in [1.82, 2.24) is 29.5 Å². The molecular weight excluding hydrogens is 444 g/mol. The summed E-state index contributed by atoms with van der Waals surface area (Å²) in [5.74, 6) is 2.83. The molecule has 1 saturated heterocycles. The largest absolute Gasteiger partial charge is 0.378 e. The van der Waals surface area contributed by atoms with Crippen LogP contribution >= 0.6 is 0 Å². The zero-order valence-electron chi connectivity index (χ0n) is 20.2. The second kappa shape index (κ2) is 9.75. The topological polar surface area (TPSA) is 102 Å². The first-order valence-corrected chi connectivity index (χ1v) is 11.7. The second-order valence-electron chi connectivity index (χ2n) is 8.57. The van der Waals surface area contributed by atoms with Gasteiger partial charge < -0.3 is 19.1 Å². The average Bonchev–Trinajstić information content (AvgIpc) is 3.23. The number of hydrogen-bond acceptors (Lipinski definition) is 9. The number of fused-ring (bicyclic) bond motifs is 1. The minimum Gasteiger partial charge on any atom is -0.378 e. The summed E-state index contributed by atoms with van der Waals surface area (Å²) >= 11 is 0. The molecule has 0 N–H and O–H groups in total. The summed E-state index contributed by atoms with van der Waals surface area (Å²) in [5.41, 5.74) is 4.23. The predicted molar refractivity (Wildman–Crippen MR) is 134 cm³/mol. The van der Waals surface area contributed by atoms with Gasteiger partial charge in [-0.2, -0.15) is 0 Å². The predicted octanol–water partition coefficient (Wildman–Crippen LogP) is 2.67. The van der Waals surface area contributed by atoms with Gasteiger partial charge >= 0.3 is 0 Å². The Balaban J connectivity index is 1.55. The van der Waals surface area contributed by atoms with Crippen LogP contribution in [0.15, 0.2) is 36.7 Å². The molecule has 0 amide bonds. The van der Waals surface area contributed by atoms with E-state index in [4.69, 9.17) is 19.7 Å². The third kappa shape index (κ3) is 4.57. The molecule has 10 nitrogen and oxygen atoms in total. The van der Waals surface area contributed by atoms with Gasteiger partial charge in [0.25, 0.3) is 0 Å². The molecule has 35 heavy (non-hydrogen) atoms. The molecule has 0 saturated carbocycles. The number of morpholine rings is 1. The number of rotatable bonds is 7. The van der Waals surface area contributed by atoms with Crippen LogP contribution in [0.1, 0.15) is 28.7 Å². The van der Waals surface area contributed by atoms with Crippen LogP contribution in [-0.4, -0.2) is 69.1 Å². The Hall–Kier alpha value is -3.92. The lowest BCUT2D eigenvalue weighted by molar-refractivity contribution is 0.112. The molecule has 0 radical (unpaired) electrons. The average molecular weight is 473 g/mol. The van der Waals surface area contributed by atoms with Gasteiger partial charge in [-0.3, -0.25) is 4.79 Å². The summed E-state index contributed by atoms with van der Waals surface area (Å²) in [6, 6.07) is 8.40. The molecule has 1 aromatic carbocycles. The Kier molecular flexibility index (Phi) is 6.37. The minimum atomic E-state index is 0.440. The maximum absolute atomic E-state index is 10.9. The molecular formula is C25H28N8O2. The molecule has 5 rings (SSSR count). The van der Waals surface area contributed by atoms with Crippen molar-refractivity contribution in [2.24, 2.45) is 7.05 Å². The number of hydrogen-bond donors (Lipinski definition) is 0. The van der Waals surface area contributed by atoms with E-state index in [1.807, 2.05) is 23.6 Å². The Morgan fingerprint density at radius 3 is 2.43 bits per heavy atom. The van der Waals surface area contributed by atoms with Gasteiger partial charge in [0.05, 0.1) is 25.3 Å². The Morgan fingerprint density at radius 1 is 1.06 bits per heavy atom. The molecule has 0 aliphatic carbocycles. The molecule has 4 aromatic rings. The number of aldehydes is 1. The van der Waals surface area contributed by atoms with Gasteiger partial charge in [-0.25, -0.2) is 24.9 Å². The summed E-state index contributed by atoms with van der Waals surface area (Å²) in [4.78, 5) is 38.4. The van der Waals surface area contributed by atoms with E-state index < -0.39 is 0 Å². The second-order valence-corrected chi connectivity index (χ2v) is 8.57. The van der Waals surface area contributed by atoms with Crippen molar-refractivity contribution < 1.29 is 9.53 Å². The van der Waals surface area contributed by atoms with Crippen molar-refractivity contribution in [1.29, 1.82) is 0 Å². The van der Waals surface area contributed by atoms with Gasteiger partial charge in [0.15, 0.2) is 29.1 Å². The Bertz CT molecular complexity index is 1330. The van der Waals surface area contributed by atoms with E-state index in [1.54, 1.807) is 0 Å². The van der Waals surface area contributed by atoms with Crippen LogP contribution < -0.4 is 9.80 Å². The van der Waals surface area contributed by atoms with E-state index in [2.05, 4.69) is 46.1 Å². The third-order valence-electron chi connectivity index (χ3n) is 6.24. The summed E-state index contributed by atoms with van der Waals surface area (Å²) in [6.07, 6.45) is 4.74. The highest BCUT2D eigenvalue weighted by atomic mass is 16.5. The van der Waals surface area contributed by atoms with Crippen molar-refractivity contribution in [2.75, 3.05) is 43.2 Å². The van der Waals surface area contributed by atoms with E-state index in [0.717, 1.165) is 54.2 Å². The van der Waals surface area contributed by atoms with Gasteiger partial charge in [0.1, 0.15) is 5.82 Å². The highest BCUT2D eigenvalue weighted by molar-refractivity contribution is 5.86. The molecule has 10 heteroatoms.